The van der Waals surface area contributed by atoms with E-state index >= 15 is 0 Å². The Kier molecular flexibility index (Phi) is 7.31. The highest BCUT2D eigenvalue weighted by Crippen LogP contribution is 2.29. The minimum atomic E-state index is -4.08. The molecule has 2 aliphatic rings. The molecule has 8 heteroatoms. The Morgan fingerprint density at radius 3 is 2.48 bits per heavy atom. The molecule has 0 aromatic rings. The zero-order valence-corrected chi connectivity index (χ0v) is 16.3. The number of hydrogen-bond acceptors (Lipinski definition) is 3. The van der Waals surface area contributed by atoms with Crippen LogP contribution in [-0.2, 0) is 0 Å². The van der Waals surface area contributed by atoms with E-state index in [1.165, 1.54) is 4.90 Å². The van der Waals surface area contributed by atoms with Gasteiger partial charge in [0.2, 0.25) is 0 Å². The lowest BCUT2D eigenvalue weighted by molar-refractivity contribution is -0.148. The molecule has 0 radical (unpaired) electrons. The molecule has 0 aliphatic carbocycles. The van der Waals surface area contributed by atoms with Crippen molar-refractivity contribution in [3.05, 3.63) is 0 Å². The number of likely N-dealkylation sites (tertiary alicyclic amines) is 1. The maximum atomic E-state index is 12.4. The first kappa shape index (κ1) is 20.7. The predicted molar refractivity (Wildman–Crippen MR) is 99.3 cm³/mol. The lowest BCUT2D eigenvalue weighted by Crippen LogP contribution is -2.51. The van der Waals surface area contributed by atoms with Gasteiger partial charge in [0.1, 0.15) is 0 Å². The number of rotatable bonds is 4. The molecule has 146 valence electrons. The number of nitrogens with zero attached hydrogens (tertiary/aromatic N) is 3. The van der Waals surface area contributed by atoms with E-state index in [1.54, 1.807) is 0 Å². The van der Waals surface area contributed by atoms with E-state index in [4.69, 9.17) is 0 Å². The molecular formula is C17H31F3N4S. The van der Waals surface area contributed by atoms with Crippen LogP contribution in [0.25, 0.3) is 0 Å². The van der Waals surface area contributed by atoms with Crippen LogP contribution in [0.4, 0.5) is 13.2 Å². The summed E-state index contributed by atoms with van der Waals surface area (Å²) in [6.07, 6.45) is -1.39. The van der Waals surface area contributed by atoms with Gasteiger partial charge >= 0.3 is 6.18 Å². The van der Waals surface area contributed by atoms with Crippen molar-refractivity contribution >= 4 is 17.7 Å². The van der Waals surface area contributed by atoms with Crippen LogP contribution >= 0.6 is 11.8 Å². The van der Waals surface area contributed by atoms with Gasteiger partial charge in [0.05, 0.1) is 6.54 Å². The van der Waals surface area contributed by atoms with Crippen LogP contribution in [0.5, 0.6) is 0 Å². The van der Waals surface area contributed by atoms with Crippen molar-refractivity contribution in [2.45, 2.75) is 44.0 Å². The summed E-state index contributed by atoms with van der Waals surface area (Å²) >= 11 is 1.99. The van der Waals surface area contributed by atoms with Crippen LogP contribution in [0.2, 0.25) is 0 Å². The van der Waals surface area contributed by atoms with Crippen molar-refractivity contribution in [2.24, 2.45) is 10.9 Å². The Morgan fingerprint density at radius 2 is 1.92 bits per heavy atom. The molecule has 0 amide bonds. The number of halogens is 3. The molecule has 2 fully saturated rings. The Balaban J connectivity index is 1.68. The molecule has 4 nitrogen and oxygen atoms in total. The van der Waals surface area contributed by atoms with Crippen molar-refractivity contribution in [1.29, 1.82) is 0 Å². The van der Waals surface area contributed by atoms with Gasteiger partial charge in [-0.3, -0.25) is 9.89 Å². The van der Waals surface area contributed by atoms with Crippen molar-refractivity contribution < 1.29 is 13.2 Å². The van der Waals surface area contributed by atoms with Gasteiger partial charge < -0.3 is 10.2 Å². The van der Waals surface area contributed by atoms with E-state index in [1.807, 2.05) is 18.8 Å². The van der Waals surface area contributed by atoms with Crippen LogP contribution in [0.1, 0.15) is 33.1 Å². The first-order valence-electron chi connectivity index (χ1n) is 9.07. The predicted octanol–water partition coefficient (Wildman–Crippen LogP) is 3.05. The Hall–Kier alpha value is -0.630. The number of aliphatic imine (C=N–C) groups is 1. The highest BCUT2D eigenvalue weighted by molar-refractivity contribution is 8.00. The molecule has 1 N–H and O–H groups in total. The second-order valence-corrected chi connectivity index (χ2v) is 9.43. The molecular weight excluding hydrogens is 349 g/mol. The summed E-state index contributed by atoms with van der Waals surface area (Å²) in [4.78, 5) is 8.23. The fourth-order valence-corrected chi connectivity index (χ4v) is 4.72. The normalized spacial score (nSPS) is 23.8. The molecule has 0 spiro atoms. The number of guanidine groups is 1. The zero-order chi connectivity index (χ0) is 18.5. The van der Waals surface area contributed by atoms with Gasteiger partial charge in [-0.25, -0.2) is 0 Å². The van der Waals surface area contributed by atoms with Crippen LogP contribution in [0.3, 0.4) is 0 Å². The summed E-state index contributed by atoms with van der Waals surface area (Å²) in [6, 6.07) is 0. The minimum Gasteiger partial charge on any atom is -0.356 e. The van der Waals surface area contributed by atoms with E-state index in [9.17, 15) is 13.2 Å². The van der Waals surface area contributed by atoms with Gasteiger partial charge in [0, 0.05) is 37.2 Å². The van der Waals surface area contributed by atoms with Crippen LogP contribution in [0, 0.1) is 5.92 Å². The largest absolute Gasteiger partial charge is 0.401 e. The highest BCUT2D eigenvalue weighted by atomic mass is 32.2. The van der Waals surface area contributed by atoms with Crippen LogP contribution < -0.4 is 5.32 Å². The quantitative estimate of drug-likeness (QED) is 0.600. The van der Waals surface area contributed by atoms with E-state index in [0.29, 0.717) is 19.0 Å². The van der Waals surface area contributed by atoms with Gasteiger partial charge in [0.25, 0.3) is 0 Å². The summed E-state index contributed by atoms with van der Waals surface area (Å²) in [5, 5.41) is 3.45. The maximum Gasteiger partial charge on any atom is 0.401 e. The molecule has 2 aliphatic heterocycles. The van der Waals surface area contributed by atoms with E-state index in [-0.39, 0.29) is 4.75 Å². The van der Waals surface area contributed by atoms with Crippen molar-refractivity contribution in [3.8, 4) is 0 Å². The lowest BCUT2D eigenvalue weighted by atomic mass is 9.93. The van der Waals surface area contributed by atoms with E-state index in [0.717, 1.165) is 50.6 Å². The first-order valence-corrected chi connectivity index (χ1v) is 10.1. The van der Waals surface area contributed by atoms with Gasteiger partial charge in [-0.2, -0.15) is 24.9 Å². The molecule has 0 atom stereocenters. The zero-order valence-electron chi connectivity index (χ0n) is 15.5. The van der Waals surface area contributed by atoms with Crippen molar-refractivity contribution in [2.75, 3.05) is 52.1 Å². The number of thioether (sulfide) groups is 1. The smallest absolute Gasteiger partial charge is 0.356 e. The Bertz CT molecular complexity index is 446. The lowest BCUT2D eigenvalue weighted by Gasteiger charge is -2.39. The fraction of sp³-hybridized carbons (Fsp3) is 0.941. The maximum absolute atomic E-state index is 12.4. The van der Waals surface area contributed by atoms with Crippen molar-refractivity contribution in [1.82, 2.24) is 15.1 Å². The topological polar surface area (TPSA) is 30.9 Å². The monoisotopic (exact) mass is 380 g/mol. The number of nitrogens with one attached hydrogen (secondary N) is 1. The minimum absolute atomic E-state index is 0.237. The summed E-state index contributed by atoms with van der Waals surface area (Å²) in [7, 11) is 1.81. The second-order valence-electron chi connectivity index (χ2n) is 7.63. The third-order valence-corrected chi connectivity index (χ3v) is 6.18. The second kappa shape index (κ2) is 8.84. The fourth-order valence-electron chi connectivity index (χ4n) is 3.60. The summed E-state index contributed by atoms with van der Waals surface area (Å²) in [5.74, 6) is 2.55. The summed E-state index contributed by atoms with van der Waals surface area (Å²) in [5.41, 5.74) is 0. The molecule has 25 heavy (non-hydrogen) atoms. The highest BCUT2D eigenvalue weighted by Gasteiger charge is 2.32. The molecule has 0 aromatic carbocycles. The SMILES string of the molecule is CN=C(NCCC1CCN(CC(F)(F)F)CC1)N1CCSC(C)(C)C1. The van der Waals surface area contributed by atoms with Gasteiger partial charge in [-0.15, -0.1) is 0 Å². The molecule has 0 unspecified atom stereocenters. The average Bonchev–Trinajstić information content (AvgIpc) is 2.50. The Labute approximate surface area is 153 Å². The molecule has 2 saturated heterocycles. The van der Waals surface area contributed by atoms with Crippen LogP contribution in [-0.4, -0.2) is 78.8 Å². The van der Waals surface area contributed by atoms with Crippen molar-refractivity contribution in [3.63, 3.8) is 0 Å². The van der Waals surface area contributed by atoms with E-state index in [2.05, 4.69) is 29.1 Å². The van der Waals surface area contributed by atoms with E-state index < -0.39 is 12.7 Å². The van der Waals surface area contributed by atoms with Gasteiger partial charge in [-0.1, -0.05) is 0 Å². The number of alkyl halides is 3. The molecule has 2 heterocycles. The molecule has 2 rings (SSSR count). The standard InChI is InChI=1S/C17H31F3N4S/c1-16(2)12-24(10-11-25-16)15(21-3)22-7-4-14-5-8-23(9-6-14)13-17(18,19)20/h14H,4-13H2,1-3H3,(H,21,22). The molecule has 0 saturated carbocycles. The molecule has 0 aromatic heterocycles. The summed E-state index contributed by atoms with van der Waals surface area (Å²) in [6.45, 7) is 7.66. The van der Waals surface area contributed by atoms with Crippen LogP contribution in [0.15, 0.2) is 4.99 Å². The third-order valence-electron chi connectivity index (χ3n) is 4.88. The van der Waals surface area contributed by atoms with Gasteiger partial charge in [0.15, 0.2) is 5.96 Å². The van der Waals surface area contributed by atoms with Gasteiger partial charge in [-0.05, 0) is 52.1 Å². The summed E-state index contributed by atoms with van der Waals surface area (Å²) < 4.78 is 37.5. The third kappa shape index (κ3) is 7.25. The first-order chi connectivity index (χ1) is 11.7. The number of piperidine rings is 1. The molecule has 0 bridgehead atoms. The number of hydrogen-bond donors (Lipinski definition) is 1. The average molecular weight is 381 g/mol. The Morgan fingerprint density at radius 1 is 1.24 bits per heavy atom.